The molecule has 98 valence electrons. The largest absolute Gasteiger partial charge is 0.396 e. The van der Waals surface area contributed by atoms with Crippen LogP contribution in [0.2, 0.25) is 0 Å². The van der Waals surface area contributed by atoms with E-state index in [1.165, 1.54) is 12.8 Å². The molecule has 0 spiro atoms. The van der Waals surface area contributed by atoms with Crippen molar-refractivity contribution in [1.29, 1.82) is 0 Å². The monoisotopic (exact) mass is 240 g/mol. The van der Waals surface area contributed by atoms with Gasteiger partial charge in [-0.15, -0.1) is 0 Å². The SMILES string of the molecule is CC1(CO)CCCC1NC(=O)NCCC1CC1. The molecule has 3 N–H and O–H groups in total. The molecule has 2 saturated carbocycles. The molecular formula is C13H24N2O2. The summed E-state index contributed by atoms with van der Waals surface area (Å²) in [6.07, 6.45) is 6.83. The molecular weight excluding hydrogens is 216 g/mol. The molecule has 4 heteroatoms. The van der Waals surface area contributed by atoms with Crippen LogP contribution in [0.15, 0.2) is 0 Å². The van der Waals surface area contributed by atoms with E-state index < -0.39 is 0 Å². The van der Waals surface area contributed by atoms with Gasteiger partial charge in [-0.1, -0.05) is 26.2 Å². The summed E-state index contributed by atoms with van der Waals surface area (Å²) in [5.41, 5.74) is -0.131. The number of aliphatic hydroxyl groups is 1. The fourth-order valence-electron chi connectivity index (χ4n) is 2.67. The van der Waals surface area contributed by atoms with Crippen molar-refractivity contribution in [3.8, 4) is 0 Å². The van der Waals surface area contributed by atoms with Gasteiger partial charge in [-0.3, -0.25) is 0 Å². The zero-order valence-corrected chi connectivity index (χ0v) is 10.7. The van der Waals surface area contributed by atoms with Gasteiger partial charge in [-0.05, 0) is 25.2 Å². The lowest BCUT2D eigenvalue weighted by Crippen LogP contribution is -2.48. The Bertz CT molecular complexity index is 279. The van der Waals surface area contributed by atoms with Crippen LogP contribution in [-0.4, -0.2) is 30.3 Å². The van der Waals surface area contributed by atoms with Gasteiger partial charge in [0, 0.05) is 18.0 Å². The van der Waals surface area contributed by atoms with Gasteiger partial charge >= 0.3 is 6.03 Å². The first-order chi connectivity index (χ1) is 8.14. The minimum Gasteiger partial charge on any atom is -0.396 e. The molecule has 2 amide bonds. The highest BCUT2D eigenvalue weighted by atomic mass is 16.3. The Morgan fingerprint density at radius 3 is 2.82 bits per heavy atom. The van der Waals surface area contributed by atoms with Gasteiger partial charge in [0.2, 0.25) is 0 Å². The molecule has 2 aliphatic rings. The van der Waals surface area contributed by atoms with E-state index in [9.17, 15) is 9.90 Å². The zero-order chi connectivity index (χ0) is 12.3. The van der Waals surface area contributed by atoms with E-state index in [4.69, 9.17) is 0 Å². The van der Waals surface area contributed by atoms with E-state index in [1.54, 1.807) is 0 Å². The number of hydrogen-bond donors (Lipinski definition) is 3. The molecule has 2 unspecified atom stereocenters. The molecule has 4 nitrogen and oxygen atoms in total. The van der Waals surface area contributed by atoms with Crippen LogP contribution in [0, 0.1) is 11.3 Å². The molecule has 0 aromatic rings. The second-order valence-electron chi connectivity index (χ2n) is 5.89. The van der Waals surface area contributed by atoms with E-state index in [0.717, 1.165) is 38.1 Å². The number of aliphatic hydroxyl groups excluding tert-OH is 1. The first-order valence-electron chi connectivity index (χ1n) is 6.79. The first kappa shape index (κ1) is 12.7. The number of urea groups is 1. The average molecular weight is 240 g/mol. The molecule has 2 atom stereocenters. The lowest BCUT2D eigenvalue weighted by molar-refractivity contribution is 0.121. The van der Waals surface area contributed by atoms with Crippen LogP contribution >= 0.6 is 0 Å². The normalized spacial score (nSPS) is 32.5. The van der Waals surface area contributed by atoms with Gasteiger partial charge in [0.15, 0.2) is 0 Å². The van der Waals surface area contributed by atoms with Crippen molar-refractivity contribution >= 4 is 6.03 Å². The van der Waals surface area contributed by atoms with Gasteiger partial charge in [0.05, 0.1) is 6.61 Å². The maximum Gasteiger partial charge on any atom is 0.315 e. The summed E-state index contributed by atoms with van der Waals surface area (Å²) in [5, 5.41) is 15.3. The summed E-state index contributed by atoms with van der Waals surface area (Å²) >= 11 is 0. The van der Waals surface area contributed by atoms with Crippen LogP contribution in [0.4, 0.5) is 4.79 Å². The topological polar surface area (TPSA) is 61.4 Å². The maximum absolute atomic E-state index is 11.7. The molecule has 2 aliphatic carbocycles. The molecule has 0 radical (unpaired) electrons. The summed E-state index contributed by atoms with van der Waals surface area (Å²) < 4.78 is 0. The van der Waals surface area contributed by atoms with Crippen LogP contribution in [-0.2, 0) is 0 Å². The van der Waals surface area contributed by atoms with Crippen molar-refractivity contribution in [3.05, 3.63) is 0 Å². The lowest BCUT2D eigenvalue weighted by Gasteiger charge is -2.30. The third-order valence-electron chi connectivity index (χ3n) is 4.28. The number of carbonyl (C=O) groups excluding carboxylic acids is 1. The number of rotatable bonds is 5. The Balaban J connectivity index is 1.69. The molecule has 2 fully saturated rings. The van der Waals surface area contributed by atoms with Crippen LogP contribution in [0.1, 0.15) is 45.4 Å². The minimum atomic E-state index is -0.131. The maximum atomic E-state index is 11.7. The van der Waals surface area contributed by atoms with E-state index in [0.29, 0.717) is 0 Å². The summed E-state index contributed by atoms with van der Waals surface area (Å²) in [6.45, 7) is 2.98. The van der Waals surface area contributed by atoms with Gasteiger partial charge < -0.3 is 15.7 Å². The van der Waals surface area contributed by atoms with Gasteiger partial charge in [-0.2, -0.15) is 0 Å². The third kappa shape index (κ3) is 3.35. The third-order valence-corrected chi connectivity index (χ3v) is 4.28. The zero-order valence-electron chi connectivity index (χ0n) is 10.7. The Morgan fingerprint density at radius 2 is 2.18 bits per heavy atom. The Labute approximate surface area is 103 Å². The van der Waals surface area contributed by atoms with Crippen molar-refractivity contribution in [1.82, 2.24) is 10.6 Å². The molecule has 0 heterocycles. The van der Waals surface area contributed by atoms with Crippen LogP contribution < -0.4 is 10.6 Å². The minimum absolute atomic E-state index is 0.0720. The smallest absolute Gasteiger partial charge is 0.315 e. The summed E-state index contributed by atoms with van der Waals surface area (Å²) in [5.74, 6) is 0.851. The van der Waals surface area contributed by atoms with Crippen molar-refractivity contribution < 1.29 is 9.90 Å². The van der Waals surface area contributed by atoms with E-state index >= 15 is 0 Å². The molecule has 0 bridgehead atoms. The highest BCUT2D eigenvalue weighted by Crippen LogP contribution is 2.37. The fourth-order valence-corrected chi connectivity index (χ4v) is 2.67. The van der Waals surface area contributed by atoms with E-state index in [-0.39, 0.29) is 24.1 Å². The van der Waals surface area contributed by atoms with E-state index in [2.05, 4.69) is 17.6 Å². The van der Waals surface area contributed by atoms with Crippen molar-refractivity contribution in [2.24, 2.45) is 11.3 Å². The number of nitrogens with one attached hydrogen (secondary N) is 2. The molecule has 0 aromatic heterocycles. The predicted octanol–water partition coefficient (Wildman–Crippen LogP) is 1.64. The Morgan fingerprint density at radius 1 is 1.41 bits per heavy atom. The number of amides is 2. The number of carbonyl (C=O) groups is 1. The lowest BCUT2D eigenvalue weighted by atomic mass is 9.86. The first-order valence-corrected chi connectivity index (χ1v) is 6.79. The summed E-state index contributed by atoms with van der Waals surface area (Å²) in [6, 6.07) is 0.0469. The second-order valence-corrected chi connectivity index (χ2v) is 5.89. The second kappa shape index (κ2) is 5.25. The predicted molar refractivity (Wildman–Crippen MR) is 66.7 cm³/mol. The summed E-state index contributed by atoms with van der Waals surface area (Å²) in [7, 11) is 0. The molecule has 0 saturated heterocycles. The molecule has 17 heavy (non-hydrogen) atoms. The van der Waals surface area contributed by atoms with Gasteiger partial charge in [-0.25, -0.2) is 4.79 Å². The van der Waals surface area contributed by atoms with Crippen molar-refractivity contribution in [2.45, 2.75) is 51.5 Å². The van der Waals surface area contributed by atoms with Crippen molar-refractivity contribution in [3.63, 3.8) is 0 Å². The molecule has 0 aliphatic heterocycles. The molecule has 0 aromatic carbocycles. The van der Waals surface area contributed by atoms with Gasteiger partial charge in [0.1, 0.15) is 0 Å². The standard InChI is InChI=1S/C13H24N2O2/c1-13(9-16)7-2-3-11(13)15-12(17)14-8-6-10-4-5-10/h10-11,16H,2-9H2,1H3,(H2,14,15,17). The van der Waals surface area contributed by atoms with Crippen LogP contribution in [0.25, 0.3) is 0 Å². The highest BCUT2D eigenvalue weighted by Gasteiger charge is 2.39. The van der Waals surface area contributed by atoms with Crippen LogP contribution in [0.5, 0.6) is 0 Å². The average Bonchev–Trinajstić information content (AvgIpc) is 3.05. The number of hydrogen-bond acceptors (Lipinski definition) is 2. The summed E-state index contributed by atoms with van der Waals surface area (Å²) in [4.78, 5) is 11.7. The fraction of sp³-hybridized carbons (Fsp3) is 0.923. The highest BCUT2D eigenvalue weighted by molar-refractivity contribution is 5.74. The Kier molecular flexibility index (Phi) is 3.92. The quantitative estimate of drug-likeness (QED) is 0.684. The van der Waals surface area contributed by atoms with Crippen molar-refractivity contribution in [2.75, 3.05) is 13.2 Å². The van der Waals surface area contributed by atoms with E-state index in [1.807, 2.05) is 0 Å². The molecule has 2 rings (SSSR count). The van der Waals surface area contributed by atoms with Gasteiger partial charge in [0.25, 0.3) is 0 Å². The van der Waals surface area contributed by atoms with Crippen LogP contribution in [0.3, 0.4) is 0 Å². The Hall–Kier alpha value is -0.770.